The van der Waals surface area contributed by atoms with Crippen LogP contribution in [0.5, 0.6) is 0 Å². The Morgan fingerprint density at radius 1 is 1.62 bits per heavy atom. The summed E-state index contributed by atoms with van der Waals surface area (Å²) in [5, 5.41) is 12.7. The smallest absolute Gasteiger partial charge is 0.114 e. The minimum Gasteiger partial charge on any atom is -0.511 e. The number of nitrogens with zero attached hydrogens (tertiary/aromatic N) is 1. The number of aryl methyl sites for hydroxylation is 1. The largest absolute Gasteiger partial charge is 0.511 e. The molecule has 1 aliphatic rings. The van der Waals surface area contributed by atoms with Crippen molar-refractivity contribution in [3.63, 3.8) is 0 Å². The summed E-state index contributed by atoms with van der Waals surface area (Å²) >= 11 is 0. The second-order valence-electron chi connectivity index (χ2n) is 4.07. The van der Waals surface area contributed by atoms with Crippen LogP contribution < -0.4 is 5.32 Å². The molecule has 0 radical (unpaired) electrons. The molecule has 2 heterocycles. The van der Waals surface area contributed by atoms with Crippen molar-refractivity contribution in [2.75, 3.05) is 6.54 Å². The Morgan fingerprint density at radius 2 is 2.44 bits per heavy atom. The second kappa shape index (κ2) is 4.61. The maximum absolute atomic E-state index is 12.9. The Labute approximate surface area is 94.0 Å². The molecule has 0 amide bonds. The van der Waals surface area contributed by atoms with Crippen molar-refractivity contribution >= 4 is 6.08 Å². The van der Waals surface area contributed by atoms with Gasteiger partial charge in [-0.3, -0.25) is 4.98 Å². The Bertz CT molecular complexity index is 406. The van der Waals surface area contributed by atoms with E-state index in [2.05, 4.69) is 10.3 Å². The van der Waals surface area contributed by atoms with E-state index in [1.165, 1.54) is 0 Å². The van der Waals surface area contributed by atoms with Gasteiger partial charge in [0.2, 0.25) is 0 Å². The minimum atomic E-state index is -0.869. The lowest BCUT2D eigenvalue weighted by molar-refractivity contribution is 0.332. The third-order valence-corrected chi connectivity index (χ3v) is 2.64. The molecule has 86 valence electrons. The molecule has 1 aromatic rings. The molecule has 1 saturated heterocycles. The third kappa shape index (κ3) is 2.58. The summed E-state index contributed by atoms with van der Waals surface area (Å²) in [7, 11) is 0. The summed E-state index contributed by atoms with van der Waals surface area (Å²) in [6.07, 6.45) is 1.04. The van der Waals surface area contributed by atoms with Gasteiger partial charge in [0.1, 0.15) is 11.9 Å². The first-order chi connectivity index (χ1) is 7.65. The number of pyridine rings is 1. The Hall–Kier alpha value is -1.42. The summed E-state index contributed by atoms with van der Waals surface area (Å²) in [5.41, 5.74) is 1.59. The van der Waals surface area contributed by atoms with Crippen molar-refractivity contribution in [2.45, 2.75) is 25.6 Å². The van der Waals surface area contributed by atoms with Crippen molar-refractivity contribution in [3.8, 4) is 0 Å². The van der Waals surface area contributed by atoms with Crippen LogP contribution in [0.25, 0.3) is 6.08 Å². The van der Waals surface area contributed by atoms with Crippen LogP contribution in [0.4, 0.5) is 4.39 Å². The number of aliphatic hydroxyl groups excluding tert-OH is 1. The van der Waals surface area contributed by atoms with Gasteiger partial charge in [-0.25, -0.2) is 4.39 Å². The molecule has 0 unspecified atom stereocenters. The van der Waals surface area contributed by atoms with Crippen LogP contribution in [0.3, 0.4) is 0 Å². The number of aromatic nitrogens is 1. The zero-order chi connectivity index (χ0) is 11.5. The van der Waals surface area contributed by atoms with E-state index in [1.807, 2.05) is 25.1 Å². The summed E-state index contributed by atoms with van der Waals surface area (Å²) in [6.45, 7) is 2.20. The highest BCUT2D eigenvalue weighted by molar-refractivity contribution is 5.48. The molecule has 2 atom stereocenters. The lowest BCUT2D eigenvalue weighted by Gasteiger charge is -2.08. The third-order valence-electron chi connectivity index (χ3n) is 2.64. The molecule has 1 fully saturated rings. The van der Waals surface area contributed by atoms with E-state index in [9.17, 15) is 9.50 Å². The molecular formula is C12H15FN2O. The minimum absolute atomic E-state index is 0.151. The maximum atomic E-state index is 12.9. The number of hydrogen-bond donors (Lipinski definition) is 2. The SMILES string of the molecule is Cc1cccc(/C=C(\O)[C@@H]2C[C@@H](F)CN2)n1. The standard InChI is InChI=1S/C12H15FN2O/c1-8-3-2-4-10(15-8)6-12(16)11-5-9(13)7-14-11/h2-4,6,9,11,14,16H,5,7H2,1H3/b12-6-/t9-,11+/m1/s1. The van der Waals surface area contributed by atoms with Crippen LogP contribution in [0.1, 0.15) is 17.8 Å². The number of nitrogens with one attached hydrogen (secondary N) is 1. The van der Waals surface area contributed by atoms with Crippen molar-refractivity contribution in [1.29, 1.82) is 0 Å². The average Bonchev–Trinajstić information content (AvgIpc) is 2.65. The fourth-order valence-corrected chi connectivity index (χ4v) is 1.81. The molecule has 3 nitrogen and oxygen atoms in total. The van der Waals surface area contributed by atoms with Crippen LogP contribution in [0.15, 0.2) is 24.0 Å². The monoisotopic (exact) mass is 222 g/mol. The second-order valence-corrected chi connectivity index (χ2v) is 4.07. The van der Waals surface area contributed by atoms with Crippen LogP contribution in [0.2, 0.25) is 0 Å². The quantitative estimate of drug-likeness (QED) is 0.752. The van der Waals surface area contributed by atoms with Crippen molar-refractivity contribution in [3.05, 3.63) is 35.3 Å². The molecule has 0 aromatic carbocycles. The van der Waals surface area contributed by atoms with Gasteiger partial charge in [0.25, 0.3) is 0 Å². The average molecular weight is 222 g/mol. The Morgan fingerprint density at radius 3 is 3.06 bits per heavy atom. The molecule has 4 heteroatoms. The van der Waals surface area contributed by atoms with E-state index in [-0.39, 0.29) is 11.8 Å². The van der Waals surface area contributed by atoms with Gasteiger partial charge in [-0.15, -0.1) is 0 Å². The van der Waals surface area contributed by atoms with Crippen molar-refractivity contribution in [1.82, 2.24) is 10.3 Å². The highest BCUT2D eigenvalue weighted by atomic mass is 19.1. The summed E-state index contributed by atoms with van der Waals surface area (Å²) < 4.78 is 12.9. The number of rotatable bonds is 2. The van der Waals surface area contributed by atoms with Gasteiger partial charge in [0.15, 0.2) is 0 Å². The van der Waals surface area contributed by atoms with Gasteiger partial charge < -0.3 is 10.4 Å². The molecule has 1 aliphatic heterocycles. The first-order valence-corrected chi connectivity index (χ1v) is 5.37. The Balaban J connectivity index is 2.11. The molecule has 2 rings (SSSR count). The summed E-state index contributed by atoms with van der Waals surface area (Å²) in [6, 6.07) is 5.30. The van der Waals surface area contributed by atoms with E-state index in [1.54, 1.807) is 6.08 Å². The summed E-state index contributed by atoms with van der Waals surface area (Å²) in [4.78, 5) is 4.25. The fraction of sp³-hybridized carbons (Fsp3) is 0.417. The molecule has 0 aliphatic carbocycles. The fourth-order valence-electron chi connectivity index (χ4n) is 1.81. The van der Waals surface area contributed by atoms with Gasteiger partial charge in [-0.1, -0.05) is 6.07 Å². The zero-order valence-corrected chi connectivity index (χ0v) is 9.15. The van der Waals surface area contributed by atoms with Gasteiger partial charge in [0, 0.05) is 24.7 Å². The lowest BCUT2D eigenvalue weighted by Crippen LogP contribution is -2.23. The van der Waals surface area contributed by atoms with E-state index < -0.39 is 6.17 Å². The van der Waals surface area contributed by atoms with Gasteiger partial charge in [-0.05, 0) is 19.1 Å². The predicted octanol–water partition coefficient (Wildman–Crippen LogP) is 1.99. The first kappa shape index (κ1) is 11.1. The molecule has 0 saturated carbocycles. The lowest BCUT2D eigenvalue weighted by atomic mass is 10.1. The highest BCUT2D eigenvalue weighted by Crippen LogP contribution is 2.17. The zero-order valence-electron chi connectivity index (χ0n) is 9.15. The van der Waals surface area contributed by atoms with Gasteiger partial charge in [-0.2, -0.15) is 0 Å². The maximum Gasteiger partial charge on any atom is 0.114 e. The van der Waals surface area contributed by atoms with E-state index in [4.69, 9.17) is 0 Å². The van der Waals surface area contributed by atoms with Crippen LogP contribution in [-0.2, 0) is 0 Å². The number of aliphatic hydroxyl groups is 1. The first-order valence-electron chi connectivity index (χ1n) is 5.37. The van der Waals surface area contributed by atoms with E-state index in [0.717, 1.165) is 5.69 Å². The van der Waals surface area contributed by atoms with Crippen LogP contribution in [-0.4, -0.2) is 28.8 Å². The molecular weight excluding hydrogens is 207 g/mol. The van der Waals surface area contributed by atoms with Crippen molar-refractivity contribution < 1.29 is 9.50 Å². The normalized spacial score (nSPS) is 26.0. The molecule has 2 N–H and O–H groups in total. The summed E-state index contributed by atoms with van der Waals surface area (Å²) in [5.74, 6) is 0.151. The van der Waals surface area contributed by atoms with Crippen molar-refractivity contribution in [2.24, 2.45) is 0 Å². The molecule has 0 bridgehead atoms. The highest BCUT2D eigenvalue weighted by Gasteiger charge is 2.26. The number of halogens is 1. The van der Waals surface area contributed by atoms with E-state index in [0.29, 0.717) is 18.7 Å². The number of alkyl halides is 1. The van der Waals surface area contributed by atoms with E-state index >= 15 is 0 Å². The van der Waals surface area contributed by atoms with Gasteiger partial charge >= 0.3 is 0 Å². The molecule has 1 aromatic heterocycles. The molecule has 16 heavy (non-hydrogen) atoms. The van der Waals surface area contributed by atoms with Crippen LogP contribution in [0, 0.1) is 6.92 Å². The molecule has 0 spiro atoms. The predicted molar refractivity (Wildman–Crippen MR) is 60.9 cm³/mol. The van der Waals surface area contributed by atoms with Crippen LogP contribution >= 0.6 is 0 Å². The number of hydrogen-bond acceptors (Lipinski definition) is 3. The van der Waals surface area contributed by atoms with Gasteiger partial charge in [0.05, 0.1) is 11.7 Å². The topological polar surface area (TPSA) is 45.1 Å². The Kier molecular flexibility index (Phi) is 3.19.